The van der Waals surface area contributed by atoms with Gasteiger partial charge in [0.15, 0.2) is 0 Å². The lowest BCUT2D eigenvalue weighted by molar-refractivity contribution is -0.139. The molecule has 1 fully saturated rings. The number of aliphatic hydroxyl groups excluding tert-OH is 1. The Labute approximate surface area is 210 Å². The molecule has 1 saturated carbocycles. The molecule has 0 aliphatic heterocycles. The van der Waals surface area contributed by atoms with E-state index in [1.165, 1.54) is 13.3 Å². The van der Waals surface area contributed by atoms with Crippen LogP contribution in [-0.4, -0.2) is 28.3 Å². The highest BCUT2D eigenvalue weighted by Gasteiger charge is 2.37. The monoisotopic (exact) mass is 493 g/mol. The summed E-state index contributed by atoms with van der Waals surface area (Å²) in [6.45, 7) is 4.80. The van der Waals surface area contributed by atoms with Crippen LogP contribution in [0.2, 0.25) is 0 Å². The zero-order chi connectivity index (χ0) is 25.9. The smallest absolute Gasteiger partial charge is 0.306 e. The molecule has 3 aromatic rings. The van der Waals surface area contributed by atoms with Crippen LogP contribution in [0.4, 0.5) is 4.39 Å². The number of nitrogens with zero attached hydrogens (tertiary/aromatic N) is 1. The first-order valence-corrected chi connectivity index (χ1v) is 12.1. The molecule has 36 heavy (non-hydrogen) atoms. The number of hydrogen-bond donors (Lipinski definition) is 2. The predicted molar refractivity (Wildman–Crippen MR) is 135 cm³/mol. The molecule has 0 unspecified atom stereocenters. The van der Waals surface area contributed by atoms with Crippen molar-refractivity contribution >= 4 is 5.97 Å². The molecule has 0 bridgehead atoms. The number of aliphatic hydroxyl groups is 1. The number of benzene rings is 2. The standard InChI is InChI=1S/C29H32FNO5/c1-29(2)11-5-8-24(29)22-12-18(9-10-21(22)23-14-27(35-3)31-16-25(23)30)17-36-20-7-4-6-19(13-20)26(32)15-28(33)34/h4,6-7,9-10,12-14,16,24,26,32H,5,8,11,15,17H2,1-3H3,(H,33,34)/t24-,26-/m1/s1. The number of pyridine rings is 1. The molecule has 2 aromatic carbocycles. The van der Waals surface area contributed by atoms with E-state index in [9.17, 15) is 14.3 Å². The lowest BCUT2D eigenvalue weighted by Crippen LogP contribution is -2.17. The van der Waals surface area contributed by atoms with E-state index >= 15 is 0 Å². The first kappa shape index (κ1) is 25.6. The van der Waals surface area contributed by atoms with Crippen LogP contribution >= 0.6 is 0 Å². The van der Waals surface area contributed by atoms with Gasteiger partial charge in [-0.1, -0.05) is 50.6 Å². The molecule has 6 nitrogen and oxygen atoms in total. The van der Waals surface area contributed by atoms with Crippen molar-refractivity contribution in [2.45, 2.75) is 58.2 Å². The molecular formula is C29H32FNO5. The predicted octanol–water partition coefficient (Wildman–Crippen LogP) is 6.28. The summed E-state index contributed by atoms with van der Waals surface area (Å²) in [6.07, 6.45) is 2.96. The number of carbonyl (C=O) groups is 1. The molecule has 1 aromatic heterocycles. The highest BCUT2D eigenvalue weighted by Crippen LogP contribution is 2.51. The van der Waals surface area contributed by atoms with Crippen molar-refractivity contribution in [3.05, 3.63) is 77.2 Å². The zero-order valence-electron chi connectivity index (χ0n) is 20.8. The molecule has 1 aliphatic carbocycles. The number of rotatable bonds is 9. The van der Waals surface area contributed by atoms with Crippen LogP contribution in [0, 0.1) is 11.2 Å². The van der Waals surface area contributed by atoms with Crippen LogP contribution in [0.5, 0.6) is 11.6 Å². The van der Waals surface area contributed by atoms with Crippen molar-refractivity contribution in [3.8, 4) is 22.8 Å². The normalized spacial score (nSPS) is 17.5. The molecule has 2 atom stereocenters. The molecule has 0 spiro atoms. The summed E-state index contributed by atoms with van der Waals surface area (Å²) in [7, 11) is 1.51. The van der Waals surface area contributed by atoms with E-state index in [-0.39, 0.29) is 24.4 Å². The van der Waals surface area contributed by atoms with E-state index in [4.69, 9.17) is 14.6 Å². The Morgan fingerprint density at radius 2 is 2.00 bits per heavy atom. The Hall–Kier alpha value is -3.45. The third-order valence-electron chi connectivity index (χ3n) is 7.09. The number of hydrogen-bond acceptors (Lipinski definition) is 5. The van der Waals surface area contributed by atoms with Crippen LogP contribution in [0.3, 0.4) is 0 Å². The highest BCUT2D eigenvalue weighted by molar-refractivity contribution is 5.70. The minimum Gasteiger partial charge on any atom is -0.489 e. The van der Waals surface area contributed by atoms with Crippen LogP contribution in [0.15, 0.2) is 54.7 Å². The second kappa shape index (κ2) is 10.7. The van der Waals surface area contributed by atoms with Crippen molar-refractivity contribution < 1.29 is 28.9 Å². The average Bonchev–Trinajstić information content (AvgIpc) is 3.21. The van der Waals surface area contributed by atoms with Gasteiger partial charge in [-0.05, 0) is 58.6 Å². The van der Waals surface area contributed by atoms with Crippen molar-refractivity contribution in [1.29, 1.82) is 0 Å². The number of halogens is 1. The Morgan fingerprint density at radius 1 is 1.19 bits per heavy atom. The summed E-state index contributed by atoms with van der Waals surface area (Å²) in [5, 5.41) is 19.1. The zero-order valence-corrected chi connectivity index (χ0v) is 20.8. The van der Waals surface area contributed by atoms with Gasteiger partial charge in [-0.2, -0.15) is 0 Å². The topological polar surface area (TPSA) is 88.9 Å². The van der Waals surface area contributed by atoms with Gasteiger partial charge in [0.05, 0.1) is 25.8 Å². The molecule has 0 radical (unpaired) electrons. The summed E-state index contributed by atoms with van der Waals surface area (Å²) in [5.74, 6) is -0.303. The Bertz CT molecular complexity index is 1240. The summed E-state index contributed by atoms with van der Waals surface area (Å²) in [5.41, 5.74) is 3.88. The minimum atomic E-state index is -1.10. The minimum absolute atomic E-state index is 0.0798. The largest absolute Gasteiger partial charge is 0.489 e. The number of carboxylic acids is 1. The van der Waals surface area contributed by atoms with E-state index in [1.54, 1.807) is 30.3 Å². The van der Waals surface area contributed by atoms with Gasteiger partial charge in [0, 0.05) is 11.6 Å². The maximum absolute atomic E-state index is 14.9. The third kappa shape index (κ3) is 5.68. The lowest BCUT2D eigenvalue weighted by atomic mass is 9.75. The molecule has 7 heteroatoms. The van der Waals surface area contributed by atoms with Gasteiger partial charge in [0.25, 0.3) is 0 Å². The fourth-order valence-electron chi connectivity index (χ4n) is 5.14. The maximum atomic E-state index is 14.9. The second-order valence-corrected chi connectivity index (χ2v) is 10.0. The Morgan fingerprint density at radius 3 is 2.69 bits per heavy atom. The van der Waals surface area contributed by atoms with Gasteiger partial charge < -0.3 is 19.7 Å². The fourth-order valence-corrected chi connectivity index (χ4v) is 5.14. The number of aliphatic carboxylic acids is 1. The number of methoxy groups -OCH3 is 1. The number of aromatic nitrogens is 1. The average molecular weight is 494 g/mol. The van der Waals surface area contributed by atoms with E-state index < -0.39 is 17.9 Å². The molecule has 2 N–H and O–H groups in total. The van der Waals surface area contributed by atoms with Crippen molar-refractivity contribution in [2.24, 2.45) is 5.41 Å². The van der Waals surface area contributed by atoms with Crippen LogP contribution in [0.25, 0.3) is 11.1 Å². The van der Waals surface area contributed by atoms with Crippen molar-refractivity contribution in [2.75, 3.05) is 7.11 Å². The van der Waals surface area contributed by atoms with Gasteiger partial charge in [0.2, 0.25) is 5.88 Å². The molecule has 1 aliphatic rings. The summed E-state index contributed by atoms with van der Waals surface area (Å²) in [4.78, 5) is 14.9. The van der Waals surface area contributed by atoms with Gasteiger partial charge in [0.1, 0.15) is 18.2 Å². The second-order valence-electron chi connectivity index (χ2n) is 10.0. The summed E-state index contributed by atoms with van der Waals surface area (Å²) in [6, 6.07) is 14.4. The molecule has 1 heterocycles. The van der Waals surface area contributed by atoms with E-state index in [1.807, 2.05) is 12.1 Å². The molecular weight excluding hydrogens is 461 g/mol. The quantitative estimate of drug-likeness (QED) is 0.365. The Balaban J connectivity index is 1.64. The van der Waals surface area contributed by atoms with Gasteiger partial charge in [-0.3, -0.25) is 4.79 Å². The van der Waals surface area contributed by atoms with Crippen LogP contribution in [0.1, 0.15) is 68.2 Å². The maximum Gasteiger partial charge on any atom is 0.306 e. The molecule has 0 saturated heterocycles. The summed E-state index contributed by atoms with van der Waals surface area (Å²) < 4.78 is 26.2. The van der Waals surface area contributed by atoms with Crippen LogP contribution < -0.4 is 9.47 Å². The SMILES string of the molecule is COc1cc(-c2ccc(COc3cccc([C@H](O)CC(=O)O)c3)cc2[C@H]2CCCC2(C)C)c(F)cn1. The van der Waals surface area contributed by atoms with Crippen molar-refractivity contribution in [1.82, 2.24) is 4.98 Å². The summed E-state index contributed by atoms with van der Waals surface area (Å²) >= 11 is 0. The first-order chi connectivity index (χ1) is 17.2. The first-order valence-electron chi connectivity index (χ1n) is 12.1. The molecule has 190 valence electrons. The Kier molecular flexibility index (Phi) is 7.59. The molecule has 0 amide bonds. The number of ether oxygens (including phenoxy) is 2. The molecule has 4 rings (SSSR count). The highest BCUT2D eigenvalue weighted by atomic mass is 19.1. The van der Waals surface area contributed by atoms with Crippen LogP contribution in [-0.2, 0) is 11.4 Å². The fraction of sp³-hybridized carbons (Fsp3) is 0.379. The van der Waals surface area contributed by atoms with Crippen molar-refractivity contribution in [3.63, 3.8) is 0 Å². The lowest BCUT2D eigenvalue weighted by Gasteiger charge is -2.30. The van der Waals surface area contributed by atoms with Gasteiger partial charge in [-0.25, -0.2) is 9.37 Å². The van der Waals surface area contributed by atoms with E-state index in [0.29, 0.717) is 22.8 Å². The van der Waals surface area contributed by atoms with E-state index in [0.717, 1.165) is 36.0 Å². The van der Waals surface area contributed by atoms with Gasteiger partial charge >= 0.3 is 5.97 Å². The van der Waals surface area contributed by atoms with E-state index in [2.05, 4.69) is 24.9 Å². The van der Waals surface area contributed by atoms with Gasteiger partial charge in [-0.15, -0.1) is 0 Å². The third-order valence-corrected chi connectivity index (χ3v) is 7.09. The number of carboxylic acid groups (broad SMARTS) is 1.